The second-order valence-corrected chi connectivity index (χ2v) is 7.58. The lowest BCUT2D eigenvalue weighted by Crippen LogP contribution is -2.35. The Kier molecular flexibility index (Phi) is 5.59. The lowest BCUT2D eigenvalue weighted by molar-refractivity contribution is 0.239. The maximum atomic E-state index is 12.7. The molecule has 0 fully saturated rings. The van der Waals surface area contributed by atoms with Crippen LogP contribution in [-0.2, 0) is 25.9 Å². The van der Waals surface area contributed by atoms with Crippen LogP contribution in [0, 0.1) is 0 Å². The Morgan fingerprint density at radius 1 is 1.18 bits per heavy atom. The van der Waals surface area contributed by atoms with Crippen molar-refractivity contribution in [2.45, 2.75) is 45.7 Å². The Hall–Kier alpha value is -2.44. The average Bonchev–Trinajstić information content (AvgIpc) is 3.06. The lowest BCUT2D eigenvalue weighted by Gasteiger charge is -2.27. The zero-order valence-electron chi connectivity index (χ0n) is 16.0. The zero-order chi connectivity index (χ0) is 19.5. The molecule has 1 aliphatic heterocycles. The number of aromatic amines is 2. The van der Waals surface area contributed by atoms with E-state index in [1.807, 2.05) is 30.3 Å². The fourth-order valence-corrected chi connectivity index (χ4v) is 3.79. The number of nitrogens with one attached hydrogen (secondary N) is 2. The molecule has 2 aromatic heterocycles. The number of aryl methyl sites for hydroxylation is 1. The second kappa shape index (κ2) is 8.29. The van der Waals surface area contributed by atoms with E-state index in [4.69, 9.17) is 16.6 Å². The molecule has 1 aliphatic rings. The van der Waals surface area contributed by atoms with E-state index in [9.17, 15) is 4.79 Å². The van der Waals surface area contributed by atoms with Crippen LogP contribution in [0.25, 0.3) is 11.4 Å². The van der Waals surface area contributed by atoms with Crippen molar-refractivity contribution in [1.29, 1.82) is 0 Å². The molecular formula is C21H24ClN5O. The first-order valence-electron chi connectivity index (χ1n) is 9.77. The van der Waals surface area contributed by atoms with Crippen molar-refractivity contribution in [3.63, 3.8) is 0 Å². The zero-order valence-corrected chi connectivity index (χ0v) is 16.7. The maximum absolute atomic E-state index is 12.7. The Labute approximate surface area is 169 Å². The number of halogens is 1. The van der Waals surface area contributed by atoms with Crippen molar-refractivity contribution in [3.05, 3.63) is 68.6 Å². The minimum Gasteiger partial charge on any atom is -0.344 e. The van der Waals surface area contributed by atoms with Gasteiger partial charge < -0.3 is 9.97 Å². The largest absolute Gasteiger partial charge is 0.344 e. The van der Waals surface area contributed by atoms with Crippen LogP contribution in [0.3, 0.4) is 0 Å². The number of hydrogen-bond acceptors (Lipinski definition) is 4. The van der Waals surface area contributed by atoms with E-state index in [1.165, 1.54) is 0 Å². The summed E-state index contributed by atoms with van der Waals surface area (Å²) < 4.78 is 0. The summed E-state index contributed by atoms with van der Waals surface area (Å²) in [6, 6.07) is 9.75. The normalized spacial score (nSPS) is 14.2. The molecule has 3 aromatic rings. The quantitative estimate of drug-likeness (QED) is 0.664. The van der Waals surface area contributed by atoms with Gasteiger partial charge in [-0.05, 0) is 6.42 Å². The summed E-state index contributed by atoms with van der Waals surface area (Å²) in [5, 5.41) is 0.531. The molecule has 28 heavy (non-hydrogen) atoms. The van der Waals surface area contributed by atoms with Gasteiger partial charge >= 0.3 is 0 Å². The van der Waals surface area contributed by atoms with Crippen LogP contribution in [0.4, 0.5) is 0 Å². The fourth-order valence-electron chi connectivity index (χ4n) is 3.58. The van der Waals surface area contributed by atoms with Crippen molar-refractivity contribution in [2.75, 3.05) is 6.54 Å². The van der Waals surface area contributed by atoms with Gasteiger partial charge in [-0.3, -0.25) is 9.69 Å². The van der Waals surface area contributed by atoms with Gasteiger partial charge in [-0.25, -0.2) is 9.97 Å². The monoisotopic (exact) mass is 397 g/mol. The van der Waals surface area contributed by atoms with Gasteiger partial charge in [0.25, 0.3) is 5.56 Å². The topological polar surface area (TPSA) is 77.7 Å². The molecule has 0 spiro atoms. The molecule has 1 aromatic carbocycles. The number of nitrogens with zero attached hydrogens (tertiary/aromatic N) is 3. The molecule has 2 N–H and O–H groups in total. The molecule has 0 aliphatic carbocycles. The van der Waals surface area contributed by atoms with Crippen LogP contribution in [0.5, 0.6) is 0 Å². The van der Waals surface area contributed by atoms with E-state index < -0.39 is 0 Å². The summed E-state index contributed by atoms with van der Waals surface area (Å²) in [5.74, 6) is 1.57. The molecule has 0 unspecified atom stereocenters. The van der Waals surface area contributed by atoms with Crippen molar-refractivity contribution in [1.82, 2.24) is 24.8 Å². The first kappa shape index (κ1) is 18.9. The van der Waals surface area contributed by atoms with Gasteiger partial charge in [0.2, 0.25) is 0 Å². The first-order valence-corrected chi connectivity index (χ1v) is 10.1. The molecule has 0 bridgehead atoms. The van der Waals surface area contributed by atoms with Crippen LogP contribution in [0.2, 0.25) is 5.15 Å². The SMILES string of the molecule is CCCCc1nc(Cl)c(CN2CCc3nc(-c4ccccc4)[nH]c(=O)c3C2)[nH]1. The predicted octanol–water partition coefficient (Wildman–Crippen LogP) is 3.71. The van der Waals surface area contributed by atoms with Gasteiger partial charge in [0.05, 0.1) is 17.0 Å². The van der Waals surface area contributed by atoms with Gasteiger partial charge in [-0.2, -0.15) is 0 Å². The maximum Gasteiger partial charge on any atom is 0.255 e. The van der Waals surface area contributed by atoms with Gasteiger partial charge in [-0.15, -0.1) is 0 Å². The molecule has 0 atom stereocenters. The Balaban J connectivity index is 1.51. The highest BCUT2D eigenvalue weighted by Gasteiger charge is 2.23. The molecule has 0 saturated heterocycles. The van der Waals surface area contributed by atoms with Gasteiger partial charge in [0.15, 0.2) is 5.15 Å². The summed E-state index contributed by atoms with van der Waals surface area (Å²) in [6.07, 6.45) is 3.86. The van der Waals surface area contributed by atoms with E-state index in [0.717, 1.165) is 60.6 Å². The highest BCUT2D eigenvalue weighted by Crippen LogP contribution is 2.22. The third-order valence-electron chi connectivity index (χ3n) is 5.12. The van der Waals surface area contributed by atoms with E-state index in [2.05, 4.69) is 26.8 Å². The number of rotatable bonds is 6. The van der Waals surface area contributed by atoms with Crippen LogP contribution in [0.15, 0.2) is 35.1 Å². The third kappa shape index (κ3) is 4.03. The molecular weight excluding hydrogens is 374 g/mol. The minimum atomic E-state index is -0.0621. The minimum absolute atomic E-state index is 0.0621. The summed E-state index contributed by atoms with van der Waals surface area (Å²) in [7, 11) is 0. The molecule has 6 nitrogen and oxygen atoms in total. The predicted molar refractivity (Wildman–Crippen MR) is 110 cm³/mol. The molecule has 7 heteroatoms. The van der Waals surface area contributed by atoms with E-state index in [0.29, 0.717) is 24.1 Å². The van der Waals surface area contributed by atoms with Crippen LogP contribution in [-0.4, -0.2) is 31.4 Å². The number of hydrogen-bond donors (Lipinski definition) is 2. The smallest absolute Gasteiger partial charge is 0.255 e. The number of aromatic nitrogens is 4. The van der Waals surface area contributed by atoms with Crippen LogP contribution in [0.1, 0.15) is 42.5 Å². The number of unbranched alkanes of at least 4 members (excludes halogenated alkanes) is 1. The summed E-state index contributed by atoms with van der Waals surface area (Å²) >= 11 is 6.31. The van der Waals surface area contributed by atoms with Gasteiger partial charge in [0, 0.05) is 38.0 Å². The first-order chi connectivity index (χ1) is 13.6. The number of fused-ring (bicyclic) bond motifs is 1. The van der Waals surface area contributed by atoms with Gasteiger partial charge in [0.1, 0.15) is 11.6 Å². The van der Waals surface area contributed by atoms with Crippen molar-refractivity contribution in [2.24, 2.45) is 0 Å². The van der Waals surface area contributed by atoms with Crippen molar-refractivity contribution >= 4 is 11.6 Å². The van der Waals surface area contributed by atoms with Crippen LogP contribution >= 0.6 is 11.6 Å². The standard InChI is InChI=1S/C21H24ClN5O/c1-2-3-9-18-23-17(19(22)25-18)13-27-11-10-16-15(12-27)21(28)26-20(24-16)14-7-5-4-6-8-14/h4-8H,2-3,9-13H2,1H3,(H,23,25)(H,24,26,28). The van der Waals surface area contributed by atoms with Crippen molar-refractivity contribution < 1.29 is 0 Å². The molecule has 3 heterocycles. The lowest BCUT2D eigenvalue weighted by atomic mass is 10.1. The second-order valence-electron chi connectivity index (χ2n) is 7.22. The van der Waals surface area contributed by atoms with Gasteiger partial charge in [-0.1, -0.05) is 55.3 Å². The Bertz CT molecular complexity index is 1010. The van der Waals surface area contributed by atoms with Crippen LogP contribution < -0.4 is 5.56 Å². The summed E-state index contributed by atoms with van der Waals surface area (Å²) in [6.45, 7) is 4.20. The highest BCUT2D eigenvalue weighted by atomic mass is 35.5. The number of benzene rings is 1. The Morgan fingerprint density at radius 2 is 2.00 bits per heavy atom. The molecule has 0 radical (unpaired) electrons. The number of H-pyrrole nitrogens is 2. The third-order valence-corrected chi connectivity index (χ3v) is 5.43. The highest BCUT2D eigenvalue weighted by molar-refractivity contribution is 6.30. The molecule has 4 rings (SSSR count). The Morgan fingerprint density at radius 3 is 2.79 bits per heavy atom. The van der Waals surface area contributed by atoms with E-state index in [1.54, 1.807) is 0 Å². The fraction of sp³-hybridized carbons (Fsp3) is 0.381. The van der Waals surface area contributed by atoms with E-state index in [-0.39, 0.29) is 5.56 Å². The molecule has 0 saturated carbocycles. The molecule has 0 amide bonds. The molecule has 146 valence electrons. The summed E-state index contributed by atoms with van der Waals surface area (Å²) in [4.78, 5) is 30.3. The summed E-state index contributed by atoms with van der Waals surface area (Å²) in [5.41, 5.74) is 3.41. The average molecular weight is 398 g/mol. The van der Waals surface area contributed by atoms with Crippen molar-refractivity contribution in [3.8, 4) is 11.4 Å². The number of imidazole rings is 1. The van der Waals surface area contributed by atoms with E-state index >= 15 is 0 Å².